The molecule has 0 N–H and O–H groups in total. The van der Waals surface area contributed by atoms with Crippen molar-refractivity contribution in [3.05, 3.63) is 35.4 Å². The van der Waals surface area contributed by atoms with Crippen molar-refractivity contribution >= 4 is 5.78 Å². The first-order valence-electron chi connectivity index (χ1n) is 7.41. The number of hydrogen-bond acceptors (Lipinski definition) is 2. The summed E-state index contributed by atoms with van der Waals surface area (Å²) in [6, 6.07) is 8.11. The van der Waals surface area contributed by atoms with E-state index in [1.54, 1.807) is 0 Å². The molecular formula is C17H27NO. The van der Waals surface area contributed by atoms with Crippen LogP contribution < -0.4 is 0 Å². The Balaban J connectivity index is 2.61. The van der Waals surface area contributed by atoms with Crippen molar-refractivity contribution in [2.45, 2.75) is 40.5 Å². The lowest BCUT2D eigenvalue weighted by atomic mass is 9.99. The molecule has 0 aliphatic carbocycles. The van der Waals surface area contributed by atoms with E-state index < -0.39 is 0 Å². The fourth-order valence-electron chi connectivity index (χ4n) is 2.29. The van der Waals surface area contributed by atoms with Crippen molar-refractivity contribution < 1.29 is 4.79 Å². The van der Waals surface area contributed by atoms with Gasteiger partial charge in [0.05, 0.1) is 0 Å². The minimum atomic E-state index is 0.262. The number of carbonyl (C=O) groups is 1. The average Bonchev–Trinajstić information content (AvgIpc) is 2.39. The van der Waals surface area contributed by atoms with Gasteiger partial charge in [0.1, 0.15) is 0 Å². The summed E-state index contributed by atoms with van der Waals surface area (Å²) in [5.41, 5.74) is 2.13. The molecule has 1 aromatic rings. The predicted molar refractivity (Wildman–Crippen MR) is 81.7 cm³/mol. The van der Waals surface area contributed by atoms with Crippen LogP contribution in [0.3, 0.4) is 0 Å². The topological polar surface area (TPSA) is 20.3 Å². The van der Waals surface area contributed by atoms with E-state index in [2.05, 4.69) is 44.7 Å². The second-order valence-electron chi connectivity index (χ2n) is 5.50. The van der Waals surface area contributed by atoms with E-state index in [0.29, 0.717) is 12.3 Å². The highest BCUT2D eigenvalue weighted by Crippen LogP contribution is 2.12. The molecule has 0 aliphatic rings. The Hall–Kier alpha value is -1.15. The molecule has 1 aromatic carbocycles. The van der Waals surface area contributed by atoms with Gasteiger partial charge in [0.15, 0.2) is 5.78 Å². The molecule has 19 heavy (non-hydrogen) atoms. The zero-order valence-electron chi connectivity index (χ0n) is 12.8. The molecule has 0 atom stereocenters. The third kappa shape index (κ3) is 5.56. The smallest absolute Gasteiger partial charge is 0.164 e. The maximum atomic E-state index is 12.2. The van der Waals surface area contributed by atoms with E-state index in [0.717, 1.165) is 31.6 Å². The van der Waals surface area contributed by atoms with Crippen LogP contribution >= 0.6 is 0 Å². The number of Topliss-reactive ketones (excluding diaryl/α,β-unsaturated/α-hetero) is 1. The molecule has 0 heterocycles. The molecule has 0 unspecified atom stereocenters. The second kappa shape index (κ2) is 8.11. The van der Waals surface area contributed by atoms with Crippen LogP contribution in [0.15, 0.2) is 24.3 Å². The maximum Gasteiger partial charge on any atom is 0.164 e. The largest absolute Gasteiger partial charge is 0.303 e. The Morgan fingerprint density at radius 1 is 1.21 bits per heavy atom. The number of hydrogen-bond donors (Lipinski definition) is 0. The predicted octanol–water partition coefficient (Wildman–Crippen LogP) is 3.80. The summed E-state index contributed by atoms with van der Waals surface area (Å²) in [5.74, 6) is 0.888. The standard InChI is InChI=1S/C17H27NO/c1-5-18(6-2)11-10-17(19)16-9-7-8-15(13-16)12-14(3)4/h7-9,13-14H,5-6,10-12H2,1-4H3. The van der Waals surface area contributed by atoms with Gasteiger partial charge in [-0.3, -0.25) is 4.79 Å². The highest BCUT2D eigenvalue weighted by atomic mass is 16.1. The fraction of sp³-hybridized carbons (Fsp3) is 0.588. The van der Waals surface area contributed by atoms with Crippen molar-refractivity contribution in [3.8, 4) is 0 Å². The van der Waals surface area contributed by atoms with Gasteiger partial charge in [-0.1, -0.05) is 45.9 Å². The van der Waals surface area contributed by atoms with Crippen LogP contribution in [0.4, 0.5) is 0 Å². The summed E-state index contributed by atoms with van der Waals surface area (Å²) in [6.45, 7) is 11.6. The summed E-state index contributed by atoms with van der Waals surface area (Å²) in [7, 11) is 0. The number of benzene rings is 1. The van der Waals surface area contributed by atoms with Crippen molar-refractivity contribution in [2.24, 2.45) is 5.92 Å². The van der Waals surface area contributed by atoms with Gasteiger partial charge in [-0.05, 0) is 37.1 Å². The molecule has 0 amide bonds. The number of carbonyl (C=O) groups excluding carboxylic acids is 1. The molecular weight excluding hydrogens is 234 g/mol. The molecule has 2 nitrogen and oxygen atoms in total. The Kier molecular flexibility index (Phi) is 6.79. The third-order valence-corrected chi connectivity index (χ3v) is 3.44. The first-order valence-corrected chi connectivity index (χ1v) is 7.41. The van der Waals surface area contributed by atoms with Crippen LogP contribution in [0.5, 0.6) is 0 Å². The molecule has 106 valence electrons. The van der Waals surface area contributed by atoms with Crippen molar-refractivity contribution in [1.82, 2.24) is 4.90 Å². The monoisotopic (exact) mass is 261 g/mol. The lowest BCUT2D eigenvalue weighted by molar-refractivity contribution is 0.0966. The van der Waals surface area contributed by atoms with Gasteiger partial charge in [0.2, 0.25) is 0 Å². The number of nitrogens with zero attached hydrogens (tertiary/aromatic N) is 1. The molecule has 0 saturated carbocycles. The van der Waals surface area contributed by atoms with E-state index >= 15 is 0 Å². The van der Waals surface area contributed by atoms with E-state index in [1.807, 2.05) is 12.1 Å². The highest BCUT2D eigenvalue weighted by Gasteiger charge is 2.09. The van der Waals surface area contributed by atoms with Crippen molar-refractivity contribution in [1.29, 1.82) is 0 Å². The van der Waals surface area contributed by atoms with Crippen LogP contribution in [0, 0.1) is 5.92 Å². The van der Waals surface area contributed by atoms with E-state index in [1.165, 1.54) is 5.56 Å². The summed E-state index contributed by atoms with van der Waals surface area (Å²) >= 11 is 0. The van der Waals surface area contributed by atoms with E-state index in [4.69, 9.17) is 0 Å². The Labute approximate surface area is 117 Å². The molecule has 1 rings (SSSR count). The molecule has 0 spiro atoms. The zero-order valence-corrected chi connectivity index (χ0v) is 12.8. The molecule has 0 fully saturated rings. The van der Waals surface area contributed by atoms with Gasteiger partial charge in [-0.2, -0.15) is 0 Å². The molecule has 0 bridgehead atoms. The summed E-state index contributed by atoms with van der Waals surface area (Å²) in [4.78, 5) is 14.5. The van der Waals surface area contributed by atoms with Crippen LogP contribution in [-0.2, 0) is 6.42 Å². The van der Waals surface area contributed by atoms with Crippen molar-refractivity contribution in [3.63, 3.8) is 0 Å². The van der Waals surface area contributed by atoms with Crippen LogP contribution in [0.1, 0.15) is 50.0 Å². The molecule has 0 saturated heterocycles. The lowest BCUT2D eigenvalue weighted by Gasteiger charge is -2.17. The minimum Gasteiger partial charge on any atom is -0.303 e. The Bertz CT molecular complexity index is 394. The van der Waals surface area contributed by atoms with Gasteiger partial charge in [0.25, 0.3) is 0 Å². The summed E-state index contributed by atoms with van der Waals surface area (Å²) in [5, 5.41) is 0. The van der Waals surface area contributed by atoms with Crippen LogP contribution in [-0.4, -0.2) is 30.3 Å². The molecule has 0 aliphatic heterocycles. The molecule has 0 radical (unpaired) electrons. The average molecular weight is 261 g/mol. The first kappa shape index (κ1) is 15.9. The second-order valence-corrected chi connectivity index (χ2v) is 5.50. The zero-order chi connectivity index (χ0) is 14.3. The first-order chi connectivity index (χ1) is 9.06. The Morgan fingerprint density at radius 3 is 2.47 bits per heavy atom. The van der Waals surface area contributed by atoms with Gasteiger partial charge in [-0.15, -0.1) is 0 Å². The number of ketones is 1. The minimum absolute atomic E-state index is 0.262. The maximum absolute atomic E-state index is 12.2. The van der Waals surface area contributed by atoms with Gasteiger partial charge < -0.3 is 4.90 Å². The van der Waals surface area contributed by atoms with Gasteiger partial charge in [-0.25, -0.2) is 0 Å². The Morgan fingerprint density at radius 2 is 1.89 bits per heavy atom. The van der Waals surface area contributed by atoms with Crippen LogP contribution in [0.25, 0.3) is 0 Å². The van der Waals surface area contributed by atoms with Crippen molar-refractivity contribution in [2.75, 3.05) is 19.6 Å². The summed E-state index contributed by atoms with van der Waals surface area (Å²) in [6.07, 6.45) is 1.66. The summed E-state index contributed by atoms with van der Waals surface area (Å²) < 4.78 is 0. The van der Waals surface area contributed by atoms with Gasteiger partial charge in [0, 0.05) is 18.5 Å². The fourth-order valence-corrected chi connectivity index (χ4v) is 2.29. The number of rotatable bonds is 8. The van der Waals surface area contributed by atoms with Crippen LogP contribution in [0.2, 0.25) is 0 Å². The lowest BCUT2D eigenvalue weighted by Crippen LogP contribution is -2.25. The van der Waals surface area contributed by atoms with Gasteiger partial charge >= 0.3 is 0 Å². The molecule has 0 aromatic heterocycles. The van der Waals surface area contributed by atoms with E-state index in [-0.39, 0.29) is 5.78 Å². The third-order valence-electron chi connectivity index (χ3n) is 3.44. The SMILES string of the molecule is CCN(CC)CCC(=O)c1cccc(CC(C)C)c1. The highest BCUT2D eigenvalue weighted by molar-refractivity contribution is 5.96. The molecule has 2 heteroatoms. The normalized spacial score (nSPS) is 11.3. The quantitative estimate of drug-likeness (QED) is 0.663. The van der Waals surface area contributed by atoms with E-state index in [9.17, 15) is 4.79 Å².